The predicted molar refractivity (Wildman–Crippen MR) is 117 cm³/mol. The molecule has 0 fully saturated rings. The number of nitrogens with zero attached hydrogens (tertiary/aromatic N) is 3. The first-order chi connectivity index (χ1) is 13.5. The zero-order chi connectivity index (χ0) is 20.5. The first-order valence-corrected chi connectivity index (χ1v) is 9.84. The number of benzene rings is 2. The van der Waals surface area contributed by atoms with E-state index in [4.69, 9.17) is 0 Å². The Morgan fingerprint density at radius 3 is 2.07 bits per heavy atom. The molecule has 0 spiro atoms. The molecule has 1 amide bonds. The van der Waals surface area contributed by atoms with Crippen molar-refractivity contribution in [3.8, 4) is 0 Å². The number of nitrogens with one attached hydrogen (secondary N) is 1. The smallest absolute Gasteiger partial charge is 0.253 e. The number of carbonyl (C=O) groups is 1. The number of hydrogen-bond acceptors (Lipinski definition) is 2. The summed E-state index contributed by atoms with van der Waals surface area (Å²) >= 11 is 0. The van der Waals surface area contributed by atoms with Crippen molar-refractivity contribution in [3.05, 3.63) is 70.8 Å². The molecule has 0 aromatic heterocycles. The van der Waals surface area contributed by atoms with Crippen LogP contribution in [0.25, 0.3) is 0 Å². The van der Waals surface area contributed by atoms with Gasteiger partial charge in [0.2, 0.25) is 0 Å². The summed E-state index contributed by atoms with van der Waals surface area (Å²) in [6.07, 6.45) is 0. The Balaban J connectivity index is 1.93. The van der Waals surface area contributed by atoms with Crippen LogP contribution >= 0.6 is 0 Å². The van der Waals surface area contributed by atoms with Crippen molar-refractivity contribution in [2.24, 2.45) is 4.99 Å². The Labute approximate surface area is 169 Å². The van der Waals surface area contributed by atoms with Crippen LogP contribution in [0.2, 0.25) is 0 Å². The second-order valence-corrected chi connectivity index (χ2v) is 6.92. The van der Waals surface area contributed by atoms with E-state index >= 15 is 0 Å². The molecule has 0 atom stereocenters. The van der Waals surface area contributed by atoms with Gasteiger partial charge in [-0.15, -0.1) is 0 Å². The molecule has 28 heavy (non-hydrogen) atoms. The first kappa shape index (κ1) is 21.5. The summed E-state index contributed by atoms with van der Waals surface area (Å²) in [7, 11) is 3.82. The lowest BCUT2D eigenvalue weighted by Crippen LogP contribution is -2.38. The number of carbonyl (C=O) groups excluding carboxylic acids is 1. The van der Waals surface area contributed by atoms with Crippen LogP contribution in [0, 0.1) is 6.92 Å². The normalized spacial score (nSPS) is 11.2. The van der Waals surface area contributed by atoms with E-state index in [2.05, 4.69) is 46.4 Å². The molecule has 0 aliphatic carbocycles. The highest BCUT2D eigenvalue weighted by molar-refractivity contribution is 5.94. The quantitative estimate of drug-likeness (QED) is 0.589. The highest BCUT2D eigenvalue weighted by Crippen LogP contribution is 2.09. The van der Waals surface area contributed by atoms with E-state index in [1.807, 2.05) is 50.1 Å². The molecule has 0 radical (unpaired) electrons. The molecule has 5 nitrogen and oxygen atoms in total. The van der Waals surface area contributed by atoms with E-state index in [1.54, 1.807) is 7.05 Å². The van der Waals surface area contributed by atoms with Crippen LogP contribution in [0.1, 0.15) is 40.9 Å². The SMILES string of the molecule is CCN(CC)C(=O)c1ccc(CNC(=NC)N(C)Cc2ccc(C)cc2)cc1. The van der Waals surface area contributed by atoms with Gasteiger partial charge in [-0.3, -0.25) is 9.79 Å². The number of aliphatic imine (C=N–C) groups is 1. The van der Waals surface area contributed by atoms with Crippen LogP contribution in [-0.2, 0) is 13.1 Å². The molecular formula is C23H32N4O. The van der Waals surface area contributed by atoms with Gasteiger partial charge in [0, 0.05) is 45.8 Å². The van der Waals surface area contributed by atoms with E-state index in [9.17, 15) is 4.79 Å². The zero-order valence-electron chi connectivity index (χ0n) is 17.7. The maximum absolute atomic E-state index is 12.4. The maximum atomic E-state index is 12.4. The number of amides is 1. The summed E-state index contributed by atoms with van der Waals surface area (Å²) in [4.78, 5) is 20.7. The van der Waals surface area contributed by atoms with E-state index in [-0.39, 0.29) is 5.91 Å². The number of rotatable bonds is 7. The molecule has 0 heterocycles. The Hall–Kier alpha value is -2.82. The van der Waals surface area contributed by atoms with Gasteiger partial charge in [-0.2, -0.15) is 0 Å². The highest BCUT2D eigenvalue weighted by atomic mass is 16.2. The molecule has 1 N–H and O–H groups in total. The Kier molecular flexibility index (Phi) is 8.05. The fourth-order valence-corrected chi connectivity index (χ4v) is 3.07. The van der Waals surface area contributed by atoms with Gasteiger partial charge in [-0.1, -0.05) is 42.0 Å². The fraction of sp³-hybridized carbons (Fsp3) is 0.391. The largest absolute Gasteiger partial charge is 0.352 e. The summed E-state index contributed by atoms with van der Waals surface area (Å²) in [5.74, 6) is 0.919. The molecular weight excluding hydrogens is 348 g/mol. The van der Waals surface area contributed by atoms with Gasteiger partial charge in [0.15, 0.2) is 5.96 Å². The zero-order valence-corrected chi connectivity index (χ0v) is 17.7. The molecule has 0 unspecified atom stereocenters. The number of hydrogen-bond donors (Lipinski definition) is 1. The summed E-state index contributed by atoms with van der Waals surface area (Å²) in [6, 6.07) is 16.3. The van der Waals surface area contributed by atoms with Crippen LogP contribution in [0.5, 0.6) is 0 Å². The van der Waals surface area contributed by atoms with Gasteiger partial charge in [-0.05, 0) is 44.0 Å². The standard InChI is InChI=1S/C23H32N4O/c1-6-27(7-2)22(28)21-14-12-19(13-15-21)16-25-23(24-4)26(5)17-20-10-8-18(3)9-11-20/h8-15H,6-7,16-17H2,1-5H3,(H,24,25). The number of aryl methyl sites for hydroxylation is 1. The summed E-state index contributed by atoms with van der Waals surface area (Å²) in [5, 5.41) is 3.39. The minimum Gasteiger partial charge on any atom is -0.352 e. The Morgan fingerprint density at radius 1 is 0.964 bits per heavy atom. The Bertz CT molecular complexity index is 777. The third-order valence-corrected chi connectivity index (χ3v) is 4.82. The van der Waals surface area contributed by atoms with Gasteiger partial charge >= 0.3 is 0 Å². The molecule has 5 heteroatoms. The van der Waals surface area contributed by atoms with Crippen molar-refractivity contribution in [1.82, 2.24) is 15.1 Å². The lowest BCUT2D eigenvalue weighted by atomic mass is 10.1. The van der Waals surface area contributed by atoms with Crippen molar-refractivity contribution in [2.75, 3.05) is 27.2 Å². The van der Waals surface area contributed by atoms with Crippen LogP contribution in [-0.4, -0.2) is 48.9 Å². The van der Waals surface area contributed by atoms with Gasteiger partial charge in [0.1, 0.15) is 0 Å². The van der Waals surface area contributed by atoms with Crippen LogP contribution < -0.4 is 5.32 Å². The molecule has 0 saturated carbocycles. The highest BCUT2D eigenvalue weighted by Gasteiger charge is 2.12. The predicted octanol–water partition coefficient (Wildman–Crippen LogP) is 3.68. The molecule has 2 aromatic rings. The van der Waals surface area contributed by atoms with Gasteiger partial charge < -0.3 is 15.1 Å². The van der Waals surface area contributed by atoms with Crippen LogP contribution in [0.3, 0.4) is 0 Å². The van der Waals surface area contributed by atoms with Crippen molar-refractivity contribution >= 4 is 11.9 Å². The van der Waals surface area contributed by atoms with Gasteiger partial charge in [-0.25, -0.2) is 0 Å². The minimum absolute atomic E-state index is 0.0816. The van der Waals surface area contributed by atoms with Gasteiger partial charge in [0.25, 0.3) is 5.91 Å². The average Bonchev–Trinajstić information content (AvgIpc) is 2.71. The Morgan fingerprint density at radius 2 is 1.54 bits per heavy atom. The van der Waals surface area contributed by atoms with E-state index < -0.39 is 0 Å². The van der Waals surface area contributed by atoms with Crippen molar-refractivity contribution in [1.29, 1.82) is 0 Å². The first-order valence-electron chi connectivity index (χ1n) is 9.84. The monoisotopic (exact) mass is 380 g/mol. The molecule has 150 valence electrons. The van der Waals surface area contributed by atoms with Crippen molar-refractivity contribution < 1.29 is 4.79 Å². The van der Waals surface area contributed by atoms with Crippen molar-refractivity contribution in [3.63, 3.8) is 0 Å². The van der Waals surface area contributed by atoms with Crippen LogP contribution in [0.4, 0.5) is 0 Å². The van der Waals surface area contributed by atoms with E-state index in [0.29, 0.717) is 6.54 Å². The van der Waals surface area contributed by atoms with Gasteiger partial charge in [0.05, 0.1) is 0 Å². The van der Waals surface area contributed by atoms with E-state index in [1.165, 1.54) is 11.1 Å². The van der Waals surface area contributed by atoms with Crippen LogP contribution in [0.15, 0.2) is 53.5 Å². The second-order valence-electron chi connectivity index (χ2n) is 6.92. The molecule has 2 aromatic carbocycles. The lowest BCUT2D eigenvalue weighted by molar-refractivity contribution is 0.0773. The maximum Gasteiger partial charge on any atom is 0.253 e. The summed E-state index contributed by atoms with van der Waals surface area (Å²) in [5.41, 5.74) is 4.35. The van der Waals surface area contributed by atoms with Crippen molar-refractivity contribution in [2.45, 2.75) is 33.9 Å². The second kappa shape index (κ2) is 10.5. The van der Waals surface area contributed by atoms with E-state index in [0.717, 1.165) is 36.7 Å². The lowest BCUT2D eigenvalue weighted by Gasteiger charge is -2.22. The minimum atomic E-state index is 0.0816. The molecule has 0 saturated heterocycles. The number of guanidine groups is 1. The molecule has 0 bridgehead atoms. The third-order valence-electron chi connectivity index (χ3n) is 4.82. The molecule has 2 rings (SSSR count). The fourth-order valence-electron chi connectivity index (χ4n) is 3.07. The molecule has 0 aliphatic heterocycles. The average molecular weight is 381 g/mol. The topological polar surface area (TPSA) is 47.9 Å². The summed E-state index contributed by atoms with van der Waals surface area (Å²) < 4.78 is 0. The third kappa shape index (κ3) is 5.84. The molecule has 0 aliphatic rings. The summed E-state index contributed by atoms with van der Waals surface area (Å²) in [6.45, 7) is 8.98.